The number of benzene rings is 2. The summed E-state index contributed by atoms with van der Waals surface area (Å²) in [6, 6.07) is 11.8. The van der Waals surface area contributed by atoms with Crippen LogP contribution in [0.2, 0.25) is 5.02 Å². The molecule has 0 aliphatic rings. The average Bonchev–Trinajstić information content (AvgIpc) is 2.32. The molecule has 0 fully saturated rings. The van der Waals surface area contributed by atoms with E-state index >= 15 is 0 Å². The molecule has 0 atom stereocenters. The molecule has 0 saturated heterocycles. The van der Waals surface area contributed by atoms with Crippen LogP contribution in [-0.4, -0.2) is 8.42 Å². The molecule has 0 aliphatic heterocycles. The average molecular weight is 284 g/mol. The monoisotopic (exact) mass is 283 g/mol. The van der Waals surface area contributed by atoms with Crippen LogP contribution in [0.25, 0.3) is 0 Å². The van der Waals surface area contributed by atoms with Crippen molar-refractivity contribution in [3.8, 4) is 5.75 Å². The highest BCUT2D eigenvalue weighted by Gasteiger charge is 2.16. The van der Waals surface area contributed by atoms with Gasteiger partial charge < -0.3 is 9.92 Å². The summed E-state index contributed by atoms with van der Waals surface area (Å²) in [5, 5.41) is 0.460. The van der Waals surface area contributed by atoms with Crippen LogP contribution in [0.5, 0.6) is 5.75 Å². The quantitative estimate of drug-likeness (QED) is 0.694. The molecule has 0 aromatic heterocycles. The summed E-state index contributed by atoms with van der Waals surface area (Å²) >= 11 is 5.69. The summed E-state index contributed by atoms with van der Waals surface area (Å²) in [7, 11) is -3.84. The number of nitrogens with two attached hydrogens (primary N) is 1. The third kappa shape index (κ3) is 2.94. The van der Waals surface area contributed by atoms with E-state index in [-0.39, 0.29) is 10.6 Å². The topological polar surface area (TPSA) is 69.4 Å². The predicted molar refractivity (Wildman–Crippen MR) is 70.1 cm³/mol. The number of halogens is 1. The van der Waals surface area contributed by atoms with E-state index in [1.54, 1.807) is 12.1 Å². The van der Waals surface area contributed by atoms with E-state index < -0.39 is 10.1 Å². The summed E-state index contributed by atoms with van der Waals surface area (Å²) in [4.78, 5) is 0.0451. The molecule has 0 aliphatic carbocycles. The van der Waals surface area contributed by atoms with Gasteiger partial charge in [0.05, 0.1) is 0 Å². The standard InChI is InChI=1S/C12H10ClNO3S/c13-9-1-7-12(8-2-9)18(15,16)17-11-5-3-10(14)4-6-11/h1-8H,14H2. The number of hydrogen-bond donors (Lipinski definition) is 1. The Hall–Kier alpha value is -1.72. The summed E-state index contributed by atoms with van der Waals surface area (Å²) < 4.78 is 28.8. The van der Waals surface area contributed by atoms with Gasteiger partial charge >= 0.3 is 10.1 Å². The Morgan fingerprint density at radius 3 is 2.06 bits per heavy atom. The fourth-order valence-electron chi connectivity index (χ4n) is 1.30. The predicted octanol–water partition coefficient (Wildman–Crippen LogP) is 2.69. The van der Waals surface area contributed by atoms with Crippen LogP contribution in [-0.2, 0) is 10.1 Å². The van der Waals surface area contributed by atoms with E-state index in [2.05, 4.69) is 0 Å². The minimum absolute atomic E-state index is 0.0451. The smallest absolute Gasteiger partial charge is 0.339 e. The normalized spacial score (nSPS) is 11.2. The molecule has 0 radical (unpaired) electrons. The van der Waals surface area contributed by atoms with Gasteiger partial charge in [0, 0.05) is 10.7 Å². The molecule has 0 heterocycles. The number of nitrogen functional groups attached to an aromatic ring is 1. The molecule has 0 bridgehead atoms. The first-order valence-corrected chi connectivity index (χ1v) is 6.81. The zero-order valence-corrected chi connectivity index (χ0v) is 10.8. The zero-order valence-electron chi connectivity index (χ0n) is 9.21. The van der Waals surface area contributed by atoms with Crippen molar-refractivity contribution < 1.29 is 12.6 Å². The third-order valence-electron chi connectivity index (χ3n) is 2.19. The van der Waals surface area contributed by atoms with Crippen LogP contribution >= 0.6 is 11.6 Å². The van der Waals surface area contributed by atoms with Crippen LogP contribution in [0.1, 0.15) is 0 Å². The Labute approximate surface area is 110 Å². The highest BCUT2D eigenvalue weighted by molar-refractivity contribution is 7.87. The molecule has 0 amide bonds. The minimum atomic E-state index is -3.84. The van der Waals surface area contributed by atoms with Crippen molar-refractivity contribution in [2.24, 2.45) is 0 Å². The molecular formula is C12H10ClNO3S. The minimum Gasteiger partial charge on any atom is -0.399 e. The highest BCUT2D eigenvalue weighted by atomic mass is 35.5. The van der Waals surface area contributed by atoms with E-state index in [0.717, 1.165) is 0 Å². The van der Waals surface area contributed by atoms with Crippen LogP contribution < -0.4 is 9.92 Å². The summed E-state index contributed by atoms with van der Waals surface area (Å²) in [6.07, 6.45) is 0. The Morgan fingerprint density at radius 2 is 1.50 bits per heavy atom. The van der Waals surface area contributed by atoms with Gasteiger partial charge in [-0.25, -0.2) is 0 Å². The van der Waals surface area contributed by atoms with Crippen molar-refractivity contribution in [2.45, 2.75) is 4.90 Å². The third-order valence-corrected chi connectivity index (χ3v) is 3.70. The molecule has 2 N–H and O–H groups in total. The van der Waals surface area contributed by atoms with Crippen LogP contribution in [0.15, 0.2) is 53.4 Å². The molecule has 2 rings (SSSR count). The van der Waals surface area contributed by atoms with Crippen molar-refractivity contribution in [3.05, 3.63) is 53.6 Å². The van der Waals surface area contributed by atoms with Crippen molar-refractivity contribution in [1.82, 2.24) is 0 Å². The maximum absolute atomic E-state index is 11.9. The van der Waals surface area contributed by atoms with E-state index in [1.807, 2.05) is 0 Å². The Kier molecular flexibility index (Phi) is 3.45. The second-order valence-electron chi connectivity index (χ2n) is 3.56. The molecule has 0 saturated carbocycles. The fraction of sp³-hybridized carbons (Fsp3) is 0. The second kappa shape index (κ2) is 4.88. The van der Waals surface area contributed by atoms with Gasteiger partial charge in [-0.05, 0) is 48.5 Å². The molecule has 2 aromatic carbocycles. The first kappa shape index (κ1) is 12.7. The summed E-state index contributed by atoms with van der Waals surface area (Å²) in [6.45, 7) is 0. The number of rotatable bonds is 3. The number of anilines is 1. The number of hydrogen-bond acceptors (Lipinski definition) is 4. The SMILES string of the molecule is Nc1ccc(OS(=O)(=O)c2ccc(Cl)cc2)cc1. The van der Waals surface area contributed by atoms with Crippen molar-refractivity contribution >= 4 is 27.4 Å². The van der Waals surface area contributed by atoms with Crippen molar-refractivity contribution in [2.75, 3.05) is 5.73 Å². The Morgan fingerprint density at radius 1 is 0.944 bits per heavy atom. The highest BCUT2D eigenvalue weighted by Crippen LogP contribution is 2.20. The molecule has 6 heteroatoms. The van der Waals surface area contributed by atoms with Gasteiger partial charge in [0.2, 0.25) is 0 Å². The molecule has 4 nitrogen and oxygen atoms in total. The molecule has 0 spiro atoms. The van der Waals surface area contributed by atoms with Gasteiger partial charge in [0.1, 0.15) is 10.6 Å². The Balaban J connectivity index is 2.27. The summed E-state index contributed by atoms with van der Waals surface area (Å²) in [5.41, 5.74) is 6.03. The lowest BCUT2D eigenvalue weighted by atomic mass is 10.3. The lowest BCUT2D eigenvalue weighted by Gasteiger charge is -2.07. The van der Waals surface area contributed by atoms with E-state index in [9.17, 15) is 8.42 Å². The molecule has 18 heavy (non-hydrogen) atoms. The molecule has 0 unspecified atom stereocenters. The zero-order chi connectivity index (χ0) is 13.2. The summed E-state index contributed by atoms with van der Waals surface area (Å²) in [5.74, 6) is 0.208. The van der Waals surface area contributed by atoms with Crippen molar-refractivity contribution in [1.29, 1.82) is 0 Å². The van der Waals surface area contributed by atoms with Crippen LogP contribution in [0, 0.1) is 0 Å². The second-order valence-corrected chi connectivity index (χ2v) is 5.54. The van der Waals surface area contributed by atoms with Gasteiger partial charge in [-0.1, -0.05) is 11.6 Å². The van der Waals surface area contributed by atoms with Gasteiger partial charge in [-0.15, -0.1) is 0 Å². The first-order chi connectivity index (χ1) is 8.47. The van der Waals surface area contributed by atoms with Gasteiger partial charge in [0.15, 0.2) is 0 Å². The fourth-order valence-corrected chi connectivity index (χ4v) is 2.36. The Bertz CT molecular complexity index is 636. The largest absolute Gasteiger partial charge is 0.399 e. The lowest BCUT2D eigenvalue weighted by Crippen LogP contribution is -2.09. The molecule has 2 aromatic rings. The maximum Gasteiger partial charge on any atom is 0.339 e. The molecular weight excluding hydrogens is 274 g/mol. The van der Waals surface area contributed by atoms with E-state index in [1.165, 1.54) is 36.4 Å². The van der Waals surface area contributed by atoms with Crippen LogP contribution in [0.4, 0.5) is 5.69 Å². The first-order valence-electron chi connectivity index (χ1n) is 5.03. The van der Waals surface area contributed by atoms with Gasteiger partial charge in [-0.2, -0.15) is 8.42 Å². The molecule has 94 valence electrons. The lowest BCUT2D eigenvalue weighted by molar-refractivity contribution is 0.486. The maximum atomic E-state index is 11.9. The van der Waals surface area contributed by atoms with Gasteiger partial charge in [0.25, 0.3) is 0 Å². The van der Waals surface area contributed by atoms with E-state index in [0.29, 0.717) is 10.7 Å². The van der Waals surface area contributed by atoms with Gasteiger partial charge in [-0.3, -0.25) is 0 Å². The van der Waals surface area contributed by atoms with E-state index in [4.69, 9.17) is 21.5 Å². The van der Waals surface area contributed by atoms with Crippen LogP contribution in [0.3, 0.4) is 0 Å². The van der Waals surface area contributed by atoms with Crippen molar-refractivity contribution in [3.63, 3.8) is 0 Å².